The van der Waals surface area contributed by atoms with Gasteiger partial charge < -0.3 is 4.57 Å². The molecule has 3 nitrogen and oxygen atoms in total. The van der Waals surface area contributed by atoms with Gasteiger partial charge in [-0.25, -0.2) is 0 Å². The van der Waals surface area contributed by atoms with Gasteiger partial charge in [-0.15, -0.1) is 11.3 Å². The third-order valence-corrected chi connectivity index (χ3v) is 7.23. The van der Waals surface area contributed by atoms with Gasteiger partial charge in [0.05, 0.1) is 34.1 Å². The quantitative estimate of drug-likeness (QED) is 0.284. The molecule has 0 fully saturated rings. The zero-order valence-corrected chi connectivity index (χ0v) is 17.9. The lowest BCUT2D eigenvalue weighted by atomic mass is 10.1. The number of benzene rings is 3. The van der Waals surface area contributed by atoms with Crippen LogP contribution in [0.1, 0.15) is 0 Å². The van der Waals surface area contributed by atoms with Crippen molar-refractivity contribution in [3.63, 3.8) is 0 Å². The molecule has 0 spiro atoms. The standard InChI is InChI=1S/C28H17N3S/c1-2-7-18(8-3-1)23-13-12-19(17-30-23)31-24-10-6-14-29-28(24)22-15-21-20-9-4-5-11-26(20)32-27(21)16-25(22)31/h1-17H. The fourth-order valence-corrected chi connectivity index (χ4v) is 5.75. The first kappa shape index (κ1) is 17.6. The second kappa shape index (κ2) is 6.74. The second-order valence-electron chi connectivity index (χ2n) is 7.94. The molecule has 0 amide bonds. The van der Waals surface area contributed by atoms with Gasteiger partial charge in [-0.3, -0.25) is 9.97 Å². The number of thiophene rings is 1. The molecule has 0 unspecified atom stereocenters. The van der Waals surface area contributed by atoms with Gasteiger partial charge in [0.1, 0.15) is 0 Å². The molecule has 32 heavy (non-hydrogen) atoms. The Hall–Kier alpha value is -4.02. The first-order chi connectivity index (χ1) is 15.9. The first-order valence-electron chi connectivity index (χ1n) is 10.6. The van der Waals surface area contributed by atoms with Crippen molar-refractivity contribution in [1.82, 2.24) is 14.5 Å². The van der Waals surface area contributed by atoms with Gasteiger partial charge in [0.25, 0.3) is 0 Å². The molecule has 4 heterocycles. The number of rotatable bonds is 2. The van der Waals surface area contributed by atoms with Crippen LogP contribution in [0.4, 0.5) is 0 Å². The first-order valence-corrected chi connectivity index (χ1v) is 11.4. The topological polar surface area (TPSA) is 30.7 Å². The Bertz CT molecular complexity index is 1760. The van der Waals surface area contributed by atoms with E-state index in [4.69, 9.17) is 9.97 Å². The summed E-state index contributed by atoms with van der Waals surface area (Å²) in [6.45, 7) is 0. The Morgan fingerprint density at radius 1 is 0.625 bits per heavy atom. The minimum atomic E-state index is 0.972. The van der Waals surface area contributed by atoms with Crippen molar-refractivity contribution in [3.05, 3.63) is 103 Å². The van der Waals surface area contributed by atoms with Crippen LogP contribution in [0.3, 0.4) is 0 Å². The van der Waals surface area contributed by atoms with E-state index < -0.39 is 0 Å². The van der Waals surface area contributed by atoms with Crippen LogP contribution in [0.5, 0.6) is 0 Å². The molecule has 0 aliphatic carbocycles. The Morgan fingerprint density at radius 3 is 2.38 bits per heavy atom. The van der Waals surface area contributed by atoms with E-state index in [9.17, 15) is 0 Å². The average Bonchev–Trinajstić information content (AvgIpc) is 3.38. The number of nitrogens with zero attached hydrogens (tertiary/aromatic N) is 3. The number of hydrogen-bond acceptors (Lipinski definition) is 3. The van der Waals surface area contributed by atoms with Crippen LogP contribution in [0.15, 0.2) is 103 Å². The summed E-state index contributed by atoms with van der Waals surface area (Å²) >= 11 is 1.84. The molecule has 0 bridgehead atoms. The van der Waals surface area contributed by atoms with Crippen LogP contribution in [-0.4, -0.2) is 14.5 Å². The SMILES string of the molecule is c1ccc(-c2ccc(-n3c4cc5sc6ccccc6c5cc4c4ncccc43)cn2)cc1. The highest BCUT2D eigenvalue weighted by Crippen LogP contribution is 2.39. The molecule has 4 aromatic heterocycles. The van der Waals surface area contributed by atoms with Crippen LogP contribution in [0, 0.1) is 0 Å². The van der Waals surface area contributed by atoms with Gasteiger partial charge in [0, 0.05) is 37.3 Å². The lowest BCUT2D eigenvalue weighted by Gasteiger charge is -2.08. The summed E-state index contributed by atoms with van der Waals surface area (Å²) in [5, 5.41) is 3.77. The van der Waals surface area contributed by atoms with E-state index in [-0.39, 0.29) is 0 Å². The van der Waals surface area contributed by atoms with Crippen molar-refractivity contribution < 1.29 is 0 Å². The van der Waals surface area contributed by atoms with E-state index in [2.05, 4.69) is 71.3 Å². The van der Waals surface area contributed by atoms with Gasteiger partial charge in [-0.2, -0.15) is 0 Å². The molecular weight excluding hydrogens is 410 g/mol. The predicted octanol–water partition coefficient (Wildman–Crippen LogP) is 7.61. The Kier molecular flexibility index (Phi) is 3.72. The highest BCUT2D eigenvalue weighted by Gasteiger charge is 2.16. The molecular formula is C28H17N3S. The van der Waals surface area contributed by atoms with Gasteiger partial charge in [0.15, 0.2) is 0 Å². The molecule has 0 saturated carbocycles. The number of aromatic nitrogens is 3. The molecule has 0 saturated heterocycles. The van der Waals surface area contributed by atoms with Gasteiger partial charge in [0.2, 0.25) is 0 Å². The lowest BCUT2D eigenvalue weighted by Crippen LogP contribution is -1.95. The summed E-state index contributed by atoms with van der Waals surface area (Å²) in [5.74, 6) is 0. The third kappa shape index (κ3) is 2.53. The largest absolute Gasteiger partial charge is 0.306 e. The maximum absolute atomic E-state index is 4.78. The summed E-state index contributed by atoms with van der Waals surface area (Å²) in [5.41, 5.74) is 6.41. The highest BCUT2D eigenvalue weighted by molar-refractivity contribution is 7.25. The van der Waals surface area contributed by atoms with Gasteiger partial charge >= 0.3 is 0 Å². The van der Waals surface area contributed by atoms with Crippen LogP contribution < -0.4 is 0 Å². The predicted molar refractivity (Wildman–Crippen MR) is 135 cm³/mol. The highest BCUT2D eigenvalue weighted by atomic mass is 32.1. The molecule has 0 atom stereocenters. The third-order valence-electron chi connectivity index (χ3n) is 6.09. The average molecular weight is 428 g/mol. The molecule has 0 N–H and O–H groups in total. The minimum absolute atomic E-state index is 0.972. The lowest BCUT2D eigenvalue weighted by molar-refractivity contribution is 1.14. The summed E-state index contributed by atoms with van der Waals surface area (Å²) < 4.78 is 4.88. The molecule has 0 aliphatic rings. The zero-order chi connectivity index (χ0) is 21.1. The minimum Gasteiger partial charge on any atom is -0.306 e. The molecule has 0 radical (unpaired) electrons. The molecule has 150 valence electrons. The molecule has 3 aromatic carbocycles. The number of hydrogen-bond donors (Lipinski definition) is 0. The molecule has 0 aliphatic heterocycles. The van der Waals surface area contributed by atoms with E-state index in [1.165, 1.54) is 25.6 Å². The summed E-state index contributed by atoms with van der Waals surface area (Å²) in [7, 11) is 0. The zero-order valence-electron chi connectivity index (χ0n) is 17.1. The summed E-state index contributed by atoms with van der Waals surface area (Å²) in [4.78, 5) is 9.53. The van der Waals surface area contributed by atoms with Crippen LogP contribution in [0.25, 0.3) is 59.1 Å². The monoisotopic (exact) mass is 427 g/mol. The normalized spacial score (nSPS) is 11.8. The van der Waals surface area contributed by atoms with Crippen molar-refractivity contribution >= 4 is 53.4 Å². The van der Waals surface area contributed by atoms with Crippen molar-refractivity contribution in [2.45, 2.75) is 0 Å². The molecule has 7 rings (SSSR count). The van der Waals surface area contributed by atoms with E-state index in [0.29, 0.717) is 0 Å². The van der Waals surface area contributed by atoms with E-state index in [1.807, 2.05) is 48.0 Å². The summed E-state index contributed by atoms with van der Waals surface area (Å²) in [6, 6.07) is 31.9. The maximum atomic E-state index is 4.78. The van der Waals surface area contributed by atoms with Crippen molar-refractivity contribution in [2.75, 3.05) is 0 Å². The van der Waals surface area contributed by atoms with Gasteiger partial charge in [-0.05, 0) is 42.5 Å². The fourth-order valence-electron chi connectivity index (χ4n) is 4.63. The van der Waals surface area contributed by atoms with E-state index in [0.717, 1.165) is 33.5 Å². The van der Waals surface area contributed by atoms with E-state index in [1.54, 1.807) is 0 Å². The molecule has 7 aromatic rings. The van der Waals surface area contributed by atoms with Crippen LogP contribution in [0.2, 0.25) is 0 Å². The maximum Gasteiger partial charge on any atom is 0.0963 e. The Labute approximate surface area is 188 Å². The van der Waals surface area contributed by atoms with Gasteiger partial charge in [-0.1, -0.05) is 48.5 Å². The summed E-state index contributed by atoms with van der Waals surface area (Å²) in [6.07, 6.45) is 3.84. The number of pyridine rings is 2. The van der Waals surface area contributed by atoms with E-state index >= 15 is 0 Å². The van der Waals surface area contributed by atoms with Crippen LogP contribution >= 0.6 is 11.3 Å². The van der Waals surface area contributed by atoms with Crippen molar-refractivity contribution in [1.29, 1.82) is 0 Å². The Balaban J connectivity index is 1.51. The molecule has 4 heteroatoms. The van der Waals surface area contributed by atoms with Crippen molar-refractivity contribution in [3.8, 4) is 16.9 Å². The van der Waals surface area contributed by atoms with Crippen molar-refractivity contribution in [2.24, 2.45) is 0 Å². The van der Waals surface area contributed by atoms with Crippen LogP contribution in [-0.2, 0) is 0 Å². The Morgan fingerprint density at radius 2 is 1.50 bits per heavy atom. The fraction of sp³-hybridized carbons (Fsp3) is 0. The second-order valence-corrected chi connectivity index (χ2v) is 9.02. The number of fused-ring (bicyclic) bond motifs is 6. The smallest absolute Gasteiger partial charge is 0.0963 e.